The van der Waals surface area contributed by atoms with Crippen LogP contribution in [0.1, 0.15) is 39.7 Å². The van der Waals surface area contributed by atoms with E-state index in [1.165, 1.54) is 0 Å². The SMILES string of the molecule is COc1cc(CO)cc2c1OC(C(C)C)C(=O)N2CCC(C)C. The number of anilines is 1. The lowest BCUT2D eigenvalue weighted by molar-refractivity contribution is -0.128. The summed E-state index contributed by atoms with van der Waals surface area (Å²) in [4.78, 5) is 14.6. The van der Waals surface area contributed by atoms with Gasteiger partial charge in [-0.3, -0.25) is 4.79 Å². The molecule has 0 aromatic heterocycles. The predicted molar refractivity (Wildman–Crippen MR) is 90.0 cm³/mol. The maximum atomic E-state index is 12.8. The fourth-order valence-electron chi connectivity index (χ4n) is 2.69. The smallest absolute Gasteiger partial charge is 0.268 e. The number of methoxy groups -OCH3 is 1. The van der Waals surface area contributed by atoms with E-state index in [-0.39, 0.29) is 18.4 Å². The normalized spacial score (nSPS) is 17.5. The van der Waals surface area contributed by atoms with Crippen molar-refractivity contribution in [3.63, 3.8) is 0 Å². The third kappa shape index (κ3) is 3.61. The summed E-state index contributed by atoms with van der Waals surface area (Å²) in [5, 5.41) is 9.47. The third-order valence-corrected chi connectivity index (χ3v) is 4.08. The maximum Gasteiger partial charge on any atom is 0.268 e. The summed E-state index contributed by atoms with van der Waals surface area (Å²) in [7, 11) is 1.57. The summed E-state index contributed by atoms with van der Waals surface area (Å²) in [6.07, 6.45) is 0.394. The van der Waals surface area contributed by atoms with E-state index in [9.17, 15) is 9.90 Å². The van der Waals surface area contributed by atoms with E-state index in [2.05, 4.69) is 13.8 Å². The first-order valence-electron chi connectivity index (χ1n) is 8.18. The molecule has 1 unspecified atom stereocenters. The Kier molecular flexibility index (Phi) is 5.52. The highest BCUT2D eigenvalue weighted by Gasteiger charge is 2.38. The molecule has 0 spiro atoms. The Morgan fingerprint density at radius 1 is 1.30 bits per heavy atom. The van der Waals surface area contributed by atoms with Crippen molar-refractivity contribution in [1.82, 2.24) is 0 Å². The van der Waals surface area contributed by atoms with Crippen LogP contribution in [0.15, 0.2) is 12.1 Å². The highest BCUT2D eigenvalue weighted by atomic mass is 16.5. The number of rotatable bonds is 6. The number of aliphatic hydroxyl groups excluding tert-OH is 1. The van der Waals surface area contributed by atoms with Crippen LogP contribution in [-0.2, 0) is 11.4 Å². The van der Waals surface area contributed by atoms with Crippen LogP contribution in [0.4, 0.5) is 5.69 Å². The molecule has 5 nitrogen and oxygen atoms in total. The van der Waals surface area contributed by atoms with Crippen LogP contribution in [0.25, 0.3) is 0 Å². The number of carbonyl (C=O) groups excluding carboxylic acids is 1. The molecule has 0 saturated carbocycles. The molecule has 1 aliphatic heterocycles. The Labute approximate surface area is 138 Å². The molecule has 5 heteroatoms. The maximum absolute atomic E-state index is 12.8. The minimum atomic E-state index is -0.511. The average molecular weight is 321 g/mol. The molecular formula is C18H27NO4. The first-order valence-corrected chi connectivity index (χ1v) is 8.18. The van der Waals surface area contributed by atoms with Gasteiger partial charge >= 0.3 is 0 Å². The summed E-state index contributed by atoms with van der Waals surface area (Å²) in [6, 6.07) is 3.57. The second kappa shape index (κ2) is 7.21. The second-order valence-corrected chi connectivity index (χ2v) is 6.76. The average Bonchev–Trinajstić information content (AvgIpc) is 2.51. The molecular weight excluding hydrogens is 294 g/mol. The van der Waals surface area contributed by atoms with Gasteiger partial charge in [0.05, 0.1) is 19.4 Å². The molecule has 1 aromatic rings. The molecule has 1 aliphatic rings. The molecule has 1 amide bonds. The highest BCUT2D eigenvalue weighted by Crippen LogP contribution is 2.44. The molecule has 0 saturated heterocycles. The van der Waals surface area contributed by atoms with Crippen molar-refractivity contribution in [1.29, 1.82) is 0 Å². The molecule has 23 heavy (non-hydrogen) atoms. The van der Waals surface area contributed by atoms with Crippen molar-refractivity contribution in [3.8, 4) is 11.5 Å². The Balaban J connectivity index is 2.50. The molecule has 0 radical (unpaired) electrons. The minimum Gasteiger partial charge on any atom is -0.493 e. The molecule has 1 atom stereocenters. The molecule has 1 aromatic carbocycles. The van der Waals surface area contributed by atoms with Gasteiger partial charge in [0, 0.05) is 6.54 Å². The van der Waals surface area contributed by atoms with Gasteiger partial charge < -0.3 is 19.5 Å². The first kappa shape index (κ1) is 17.6. The lowest BCUT2D eigenvalue weighted by atomic mass is 10.0. The van der Waals surface area contributed by atoms with Gasteiger partial charge in [-0.1, -0.05) is 27.7 Å². The van der Waals surface area contributed by atoms with Gasteiger partial charge in [0.1, 0.15) is 0 Å². The zero-order valence-electron chi connectivity index (χ0n) is 14.6. The fourth-order valence-corrected chi connectivity index (χ4v) is 2.69. The highest BCUT2D eigenvalue weighted by molar-refractivity contribution is 6.01. The van der Waals surface area contributed by atoms with Crippen LogP contribution in [0.5, 0.6) is 11.5 Å². The van der Waals surface area contributed by atoms with E-state index in [4.69, 9.17) is 9.47 Å². The number of aliphatic hydroxyl groups is 1. The van der Waals surface area contributed by atoms with Crippen LogP contribution in [-0.4, -0.2) is 30.8 Å². The monoisotopic (exact) mass is 321 g/mol. The van der Waals surface area contributed by atoms with Crippen molar-refractivity contribution < 1.29 is 19.4 Å². The molecule has 1 N–H and O–H groups in total. The Morgan fingerprint density at radius 2 is 2.00 bits per heavy atom. The van der Waals surface area contributed by atoms with Crippen molar-refractivity contribution >= 4 is 11.6 Å². The van der Waals surface area contributed by atoms with E-state index >= 15 is 0 Å². The zero-order valence-corrected chi connectivity index (χ0v) is 14.6. The molecule has 0 fully saturated rings. The first-order chi connectivity index (χ1) is 10.9. The van der Waals surface area contributed by atoms with Crippen molar-refractivity contribution in [2.75, 3.05) is 18.6 Å². The number of carbonyl (C=O) groups is 1. The van der Waals surface area contributed by atoms with Crippen LogP contribution < -0.4 is 14.4 Å². The van der Waals surface area contributed by atoms with Gasteiger partial charge in [-0.05, 0) is 36.0 Å². The van der Waals surface area contributed by atoms with Gasteiger partial charge in [-0.2, -0.15) is 0 Å². The Morgan fingerprint density at radius 3 is 2.52 bits per heavy atom. The molecule has 1 heterocycles. The predicted octanol–water partition coefficient (Wildman–Crippen LogP) is 2.98. The standard InChI is InChI=1S/C18H27NO4/c1-11(2)6-7-19-14-8-13(10-20)9-15(22-5)17(14)23-16(12(3)4)18(19)21/h8-9,11-12,16,20H,6-7,10H2,1-5H3. The van der Waals surface area contributed by atoms with Crippen LogP contribution in [0, 0.1) is 11.8 Å². The summed E-state index contributed by atoms with van der Waals surface area (Å²) >= 11 is 0. The van der Waals surface area contributed by atoms with E-state index in [1.54, 1.807) is 18.1 Å². The van der Waals surface area contributed by atoms with Gasteiger partial charge in [-0.15, -0.1) is 0 Å². The zero-order chi connectivity index (χ0) is 17.1. The lowest BCUT2D eigenvalue weighted by Crippen LogP contribution is -2.49. The second-order valence-electron chi connectivity index (χ2n) is 6.76. The number of amides is 1. The lowest BCUT2D eigenvalue weighted by Gasteiger charge is -2.37. The molecule has 128 valence electrons. The Bertz CT molecular complexity index is 568. The number of fused-ring (bicyclic) bond motifs is 1. The van der Waals surface area contributed by atoms with Gasteiger partial charge in [-0.25, -0.2) is 0 Å². The number of benzene rings is 1. The van der Waals surface area contributed by atoms with Crippen molar-refractivity contribution in [2.24, 2.45) is 11.8 Å². The van der Waals surface area contributed by atoms with E-state index in [0.717, 1.165) is 6.42 Å². The summed E-state index contributed by atoms with van der Waals surface area (Å²) < 4.78 is 11.4. The summed E-state index contributed by atoms with van der Waals surface area (Å²) in [5.74, 6) is 1.69. The number of hydrogen-bond acceptors (Lipinski definition) is 4. The minimum absolute atomic E-state index is 0.0229. The van der Waals surface area contributed by atoms with Crippen LogP contribution >= 0.6 is 0 Å². The fraction of sp³-hybridized carbons (Fsp3) is 0.611. The number of hydrogen-bond donors (Lipinski definition) is 1. The molecule has 0 aliphatic carbocycles. The van der Waals surface area contributed by atoms with Crippen LogP contribution in [0.3, 0.4) is 0 Å². The largest absolute Gasteiger partial charge is 0.493 e. The van der Waals surface area contributed by atoms with Crippen molar-refractivity contribution in [3.05, 3.63) is 17.7 Å². The van der Waals surface area contributed by atoms with Gasteiger partial charge in [0.2, 0.25) is 0 Å². The van der Waals surface area contributed by atoms with Gasteiger partial charge in [0.15, 0.2) is 17.6 Å². The van der Waals surface area contributed by atoms with Gasteiger partial charge in [0.25, 0.3) is 5.91 Å². The molecule has 2 rings (SSSR count). The third-order valence-electron chi connectivity index (χ3n) is 4.08. The number of ether oxygens (including phenoxy) is 2. The van der Waals surface area contributed by atoms with Crippen LogP contribution in [0.2, 0.25) is 0 Å². The number of nitrogens with zero attached hydrogens (tertiary/aromatic N) is 1. The topological polar surface area (TPSA) is 59.0 Å². The summed E-state index contributed by atoms with van der Waals surface area (Å²) in [5.41, 5.74) is 1.39. The van der Waals surface area contributed by atoms with Crippen molar-refractivity contribution in [2.45, 2.75) is 46.8 Å². The summed E-state index contributed by atoms with van der Waals surface area (Å²) in [6.45, 7) is 8.75. The molecule has 0 bridgehead atoms. The van der Waals surface area contributed by atoms with E-state index < -0.39 is 6.10 Å². The Hall–Kier alpha value is -1.75. The van der Waals surface area contributed by atoms with E-state index in [1.807, 2.05) is 19.9 Å². The van der Waals surface area contributed by atoms with E-state index in [0.29, 0.717) is 35.2 Å². The quantitative estimate of drug-likeness (QED) is 0.875.